The van der Waals surface area contributed by atoms with Gasteiger partial charge in [-0.2, -0.15) is 0 Å². The Labute approximate surface area is 105 Å². The van der Waals surface area contributed by atoms with Crippen molar-refractivity contribution in [1.82, 2.24) is 0 Å². The van der Waals surface area contributed by atoms with E-state index in [2.05, 4.69) is 13.8 Å². The quantitative estimate of drug-likeness (QED) is 0.544. The lowest BCUT2D eigenvalue weighted by Crippen LogP contribution is -2.15. The molecule has 1 aliphatic carbocycles. The lowest BCUT2D eigenvalue weighted by atomic mass is 9.79. The summed E-state index contributed by atoms with van der Waals surface area (Å²) in [6.07, 6.45) is 6.00. The van der Waals surface area contributed by atoms with E-state index in [1.54, 1.807) is 0 Å². The maximum absolute atomic E-state index is 11.7. The summed E-state index contributed by atoms with van der Waals surface area (Å²) in [5, 5.41) is 0. The largest absolute Gasteiger partial charge is 0.463 e. The topological polar surface area (TPSA) is 26.3 Å². The molecule has 1 saturated carbocycles. The molecule has 1 atom stereocenters. The molecule has 0 aromatic rings. The molecular formula is C15H26O2. The first-order chi connectivity index (χ1) is 8.04. The first-order valence-corrected chi connectivity index (χ1v) is 6.90. The molecular weight excluding hydrogens is 212 g/mol. The smallest absolute Gasteiger partial charge is 0.333 e. The fourth-order valence-corrected chi connectivity index (χ4v) is 2.75. The van der Waals surface area contributed by atoms with Crippen molar-refractivity contribution in [2.45, 2.75) is 59.8 Å². The standard InChI is InChI=1S/C15H26O2/c1-5-17-15(16)12(4)14-8-6-7-13(10-14)9-11(2)3/h11,13H,5-10H2,1-4H3. The summed E-state index contributed by atoms with van der Waals surface area (Å²) >= 11 is 0. The van der Waals surface area contributed by atoms with E-state index in [4.69, 9.17) is 4.74 Å². The zero-order valence-corrected chi connectivity index (χ0v) is 11.7. The Bertz CT molecular complexity index is 289. The van der Waals surface area contributed by atoms with Crippen LogP contribution in [0.5, 0.6) is 0 Å². The van der Waals surface area contributed by atoms with E-state index in [9.17, 15) is 4.79 Å². The molecule has 0 aromatic heterocycles. The average Bonchev–Trinajstić information content (AvgIpc) is 2.28. The minimum atomic E-state index is -0.118. The Hall–Kier alpha value is -0.790. The van der Waals surface area contributed by atoms with Crippen molar-refractivity contribution in [2.75, 3.05) is 6.61 Å². The zero-order valence-electron chi connectivity index (χ0n) is 11.7. The van der Waals surface area contributed by atoms with Crippen molar-refractivity contribution < 1.29 is 9.53 Å². The summed E-state index contributed by atoms with van der Waals surface area (Å²) in [5.74, 6) is 1.40. The van der Waals surface area contributed by atoms with Gasteiger partial charge in [0.25, 0.3) is 0 Å². The van der Waals surface area contributed by atoms with Gasteiger partial charge < -0.3 is 4.74 Å². The molecule has 1 unspecified atom stereocenters. The van der Waals surface area contributed by atoms with Crippen LogP contribution in [-0.4, -0.2) is 12.6 Å². The molecule has 0 saturated heterocycles. The van der Waals surface area contributed by atoms with Crippen LogP contribution in [-0.2, 0) is 9.53 Å². The molecule has 1 rings (SSSR count). The molecule has 2 nitrogen and oxygen atoms in total. The van der Waals surface area contributed by atoms with E-state index in [0.29, 0.717) is 6.61 Å². The number of ether oxygens (including phenoxy) is 1. The third-order valence-electron chi connectivity index (χ3n) is 3.54. The van der Waals surface area contributed by atoms with Gasteiger partial charge in [0.1, 0.15) is 0 Å². The number of carbonyl (C=O) groups is 1. The third-order valence-corrected chi connectivity index (χ3v) is 3.54. The molecule has 0 aromatic carbocycles. The average molecular weight is 238 g/mol. The van der Waals surface area contributed by atoms with Gasteiger partial charge >= 0.3 is 5.97 Å². The molecule has 1 fully saturated rings. The summed E-state index contributed by atoms with van der Waals surface area (Å²) in [7, 11) is 0. The van der Waals surface area contributed by atoms with E-state index in [1.165, 1.54) is 24.8 Å². The molecule has 0 heterocycles. The lowest BCUT2D eigenvalue weighted by Gasteiger charge is -2.26. The fourth-order valence-electron chi connectivity index (χ4n) is 2.75. The molecule has 2 heteroatoms. The molecule has 17 heavy (non-hydrogen) atoms. The van der Waals surface area contributed by atoms with Gasteiger partial charge in [0.2, 0.25) is 0 Å². The highest BCUT2D eigenvalue weighted by Gasteiger charge is 2.21. The van der Waals surface area contributed by atoms with Crippen LogP contribution in [0.3, 0.4) is 0 Å². The van der Waals surface area contributed by atoms with Crippen molar-refractivity contribution in [2.24, 2.45) is 11.8 Å². The summed E-state index contributed by atoms with van der Waals surface area (Å²) in [6.45, 7) is 8.80. The second-order valence-corrected chi connectivity index (χ2v) is 5.54. The predicted molar refractivity (Wildman–Crippen MR) is 70.7 cm³/mol. The zero-order chi connectivity index (χ0) is 12.8. The first kappa shape index (κ1) is 14.3. The minimum absolute atomic E-state index is 0.118. The van der Waals surface area contributed by atoms with Gasteiger partial charge in [0.15, 0.2) is 0 Å². The third kappa shape index (κ3) is 4.53. The van der Waals surface area contributed by atoms with Gasteiger partial charge in [-0.25, -0.2) is 4.79 Å². The van der Waals surface area contributed by atoms with Gasteiger partial charge in [-0.3, -0.25) is 0 Å². The van der Waals surface area contributed by atoms with Crippen molar-refractivity contribution >= 4 is 5.97 Å². The van der Waals surface area contributed by atoms with Crippen LogP contribution in [0, 0.1) is 11.8 Å². The van der Waals surface area contributed by atoms with Crippen molar-refractivity contribution in [1.29, 1.82) is 0 Å². The Balaban J connectivity index is 2.64. The van der Waals surface area contributed by atoms with Gasteiger partial charge in [0, 0.05) is 5.57 Å². The van der Waals surface area contributed by atoms with E-state index in [1.807, 2.05) is 13.8 Å². The van der Waals surface area contributed by atoms with Crippen LogP contribution >= 0.6 is 0 Å². The second-order valence-electron chi connectivity index (χ2n) is 5.54. The van der Waals surface area contributed by atoms with E-state index >= 15 is 0 Å². The normalized spacial score (nSPS) is 23.7. The number of hydrogen-bond donors (Lipinski definition) is 0. The summed E-state index contributed by atoms with van der Waals surface area (Å²) < 4.78 is 5.08. The Kier molecular flexibility index (Phi) is 5.73. The predicted octanol–water partition coefficient (Wildman–Crippen LogP) is 4.10. The number of rotatable bonds is 4. The van der Waals surface area contributed by atoms with E-state index in [0.717, 1.165) is 30.3 Å². The molecule has 98 valence electrons. The second kappa shape index (κ2) is 6.83. The molecule has 0 spiro atoms. The van der Waals surface area contributed by atoms with E-state index < -0.39 is 0 Å². The molecule has 1 aliphatic rings. The highest BCUT2D eigenvalue weighted by atomic mass is 16.5. The molecule has 0 amide bonds. The first-order valence-electron chi connectivity index (χ1n) is 6.90. The van der Waals surface area contributed by atoms with Crippen LogP contribution < -0.4 is 0 Å². The lowest BCUT2D eigenvalue weighted by molar-refractivity contribution is -0.138. The van der Waals surface area contributed by atoms with Crippen LogP contribution in [0.15, 0.2) is 11.1 Å². The Morgan fingerprint density at radius 1 is 1.47 bits per heavy atom. The number of allylic oxidation sites excluding steroid dienone is 1. The van der Waals surface area contributed by atoms with Crippen molar-refractivity contribution in [3.63, 3.8) is 0 Å². The van der Waals surface area contributed by atoms with E-state index in [-0.39, 0.29) is 5.97 Å². The maximum Gasteiger partial charge on any atom is 0.333 e. The fraction of sp³-hybridized carbons (Fsp3) is 0.800. The highest BCUT2D eigenvalue weighted by molar-refractivity contribution is 5.88. The van der Waals surface area contributed by atoms with Gasteiger partial charge in [-0.1, -0.05) is 19.4 Å². The molecule has 0 bridgehead atoms. The molecule has 0 aliphatic heterocycles. The van der Waals surface area contributed by atoms with Crippen LogP contribution in [0.1, 0.15) is 59.8 Å². The SMILES string of the molecule is CCOC(=O)C(C)=C1CCCC(CC(C)C)C1. The minimum Gasteiger partial charge on any atom is -0.463 e. The number of hydrogen-bond acceptors (Lipinski definition) is 2. The van der Waals surface area contributed by atoms with Crippen LogP contribution in [0.2, 0.25) is 0 Å². The highest BCUT2D eigenvalue weighted by Crippen LogP contribution is 2.34. The van der Waals surface area contributed by atoms with Gasteiger partial charge in [0.05, 0.1) is 6.61 Å². The Morgan fingerprint density at radius 3 is 2.76 bits per heavy atom. The summed E-state index contributed by atoms with van der Waals surface area (Å²) in [6, 6.07) is 0. The van der Waals surface area contributed by atoms with Crippen molar-refractivity contribution in [3.05, 3.63) is 11.1 Å². The summed E-state index contributed by atoms with van der Waals surface area (Å²) in [5.41, 5.74) is 2.20. The maximum atomic E-state index is 11.7. The number of esters is 1. The summed E-state index contributed by atoms with van der Waals surface area (Å²) in [4.78, 5) is 11.7. The number of carbonyl (C=O) groups excluding carboxylic acids is 1. The van der Waals surface area contributed by atoms with Crippen molar-refractivity contribution in [3.8, 4) is 0 Å². The molecule has 0 radical (unpaired) electrons. The molecule has 0 N–H and O–H groups in total. The Morgan fingerprint density at radius 2 is 2.18 bits per heavy atom. The monoisotopic (exact) mass is 238 g/mol. The van der Waals surface area contributed by atoms with Gasteiger partial charge in [-0.15, -0.1) is 0 Å². The van der Waals surface area contributed by atoms with Gasteiger partial charge in [-0.05, 0) is 57.8 Å². The van der Waals surface area contributed by atoms with Crippen LogP contribution in [0.25, 0.3) is 0 Å². The van der Waals surface area contributed by atoms with Crippen LogP contribution in [0.4, 0.5) is 0 Å².